The Bertz CT molecular complexity index is 138. The SMILES string of the molecule is CCC(O)CC(OC(C)=O)SC. The van der Waals surface area contributed by atoms with Crippen molar-refractivity contribution in [3.63, 3.8) is 0 Å². The first kappa shape index (κ1) is 11.8. The average molecular weight is 192 g/mol. The summed E-state index contributed by atoms with van der Waals surface area (Å²) in [5, 5.41) is 9.27. The van der Waals surface area contributed by atoms with E-state index in [9.17, 15) is 9.90 Å². The molecule has 12 heavy (non-hydrogen) atoms. The monoisotopic (exact) mass is 192 g/mol. The molecule has 0 saturated heterocycles. The van der Waals surface area contributed by atoms with E-state index in [1.165, 1.54) is 18.7 Å². The summed E-state index contributed by atoms with van der Waals surface area (Å²) in [5.41, 5.74) is -0.211. The van der Waals surface area contributed by atoms with Crippen molar-refractivity contribution in [2.45, 2.75) is 38.2 Å². The lowest BCUT2D eigenvalue weighted by molar-refractivity contribution is -0.143. The fraction of sp³-hybridized carbons (Fsp3) is 0.875. The van der Waals surface area contributed by atoms with Gasteiger partial charge in [0, 0.05) is 13.3 Å². The topological polar surface area (TPSA) is 46.5 Å². The van der Waals surface area contributed by atoms with E-state index >= 15 is 0 Å². The summed E-state index contributed by atoms with van der Waals surface area (Å²) in [6.45, 7) is 3.28. The molecule has 0 radical (unpaired) electrons. The summed E-state index contributed by atoms with van der Waals surface area (Å²) in [7, 11) is 0. The Balaban J connectivity index is 3.74. The number of carbonyl (C=O) groups is 1. The van der Waals surface area contributed by atoms with Crippen LogP contribution in [0, 0.1) is 0 Å². The minimum atomic E-state index is -0.373. The maximum atomic E-state index is 10.6. The molecule has 0 rings (SSSR count). The second-order valence-electron chi connectivity index (χ2n) is 2.57. The molecule has 0 aliphatic rings. The molecule has 0 bridgehead atoms. The van der Waals surface area contributed by atoms with Gasteiger partial charge >= 0.3 is 5.97 Å². The number of hydrogen-bond donors (Lipinski definition) is 1. The van der Waals surface area contributed by atoms with Gasteiger partial charge in [0.15, 0.2) is 0 Å². The quantitative estimate of drug-likeness (QED) is 0.528. The Labute approximate surface area is 77.5 Å². The fourth-order valence-electron chi connectivity index (χ4n) is 0.766. The normalized spacial score (nSPS) is 15.3. The number of esters is 1. The highest BCUT2D eigenvalue weighted by molar-refractivity contribution is 7.99. The van der Waals surface area contributed by atoms with Gasteiger partial charge in [-0.25, -0.2) is 0 Å². The molecule has 0 heterocycles. The maximum absolute atomic E-state index is 10.6. The second-order valence-corrected chi connectivity index (χ2v) is 3.57. The van der Waals surface area contributed by atoms with Gasteiger partial charge in [-0.05, 0) is 12.7 Å². The lowest BCUT2D eigenvalue weighted by Crippen LogP contribution is -2.19. The molecule has 0 spiro atoms. The molecule has 0 aromatic rings. The van der Waals surface area contributed by atoms with Gasteiger partial charge in [-0.15, -0.1) is 11.8 Å². The van der Waals surface area contributed by atoms with Crippen LogP contribution in [-0.4, -0.2) is 28.9 Å². The second kappa shape index (κ2) is 6.31. The van der Waals surface area contributed by atoms with Gasteiger partial charge in [-0.1, -0.05) is 6.92 Å². The molecular formula is C8H16O3S. The van der Waals surface area contributed by atoms with Crippen molar-refractivity contribution >= 4 is 17.7 Å². The molecule has 4 heteroatoms. The smallest absolute Gasteiger partial charge is 0.303 e. The molecule has 1 N–H and O–H groups in total. The summed E-state index contributed by atoms with van der Waals surface area (Å²) < 4.78 is 4.94. The zero-order valence-corrected chi connectivity index (χ0v) is 8.56. The molecule has 3 nitrogen and oxygen atoms in total. The van der Waals surface area contributed by atoms with Crippen LogP contribution in [-0.2, 0) is 9.53 Å². The van der Waals surface area contributed by atoms with Gasteiger partial charge in [-0.3, -0.25) is 4.79 Å². The molecule has 0 amide bonds. The molecule has 0 aromatic carbocycles. The van der Waals surface area contributed by atoms with Crippen LogP contribution in [0.4, 0.5) is 0 Å². The fourth-order valence-corrected chi connectivity index (χ4v) is 1.41. The zero-order valence-electron chi connectivity index (χ0n) is 7.74. The number of aliphatic hydroxyl groups is 1. The molecule has 0 saturated carbocycles. The molecule has 0 aliphatic heterocycles. The highest BCUT2D eigenvalue weighted by Crippen LogP contribution is 2.16. The van der Waals surface area contributed by atoms with Crippen molar-refractivity contribution in [2.75, 3.05) is 6.26 Å². The Hall–Kier alpha value is -0.220. The molecule has 2 atom stereocenters. The first-order valence-electron chi connectivity index (χ1n) is 3.98. The van der Waals surface area contributed by atoms with E-state index in [2.05, 4.69) is 0 Å². The summed E-state index contributed by atoms with van der Waals surface area (Å²) in [5.74, 6) is -0.294. The van der Waals surface area contributed by atoms with Crippen molar-refractivity contribution in [1.29, 1.82) is 0 Å². The molecule has 0 aromatic heterocycles. The lowest BCUT2D eigenvalue weighted by atomic mass is 10.2. The number of carbonyl (C=O) groups excluding carboxylic acids is 1. The summed E-state index contributed by atoms with van der Waals surface area (Å²) in [6.07, 6.45) is 2.69. The van der Waals surface area contributed by atoms with Gasteiger partial charge < -0.3 is 9.84 Å². The third-order valence-corrected chi connectivity index (χ3v) is 2.31. The first-order chi connectivity index (χ1) is 5.60. The summed E-state index contributed by atoms with van der Waals surface area (Å²) >= 11 is 1.44. The number of thioether (sulfide) groups is 1. The first-order valence-corrected chi connectivity index (χ1v) is 5.27. The van der Waals surface area contributed by atoms with Crippen LogP contribution in [0.15, 0.2) is 0 Å². The highest BCUT2D eigenvalue weighted by atomic mass is 32.2. The van der Waals surface area contributed by atoms with E-state index in [4.69, 9.17) is 4.74 Å². The Kier molecular flexibility index (Phi) is 6.20. The van der Waals surface area contributed by atoms with Crippen LogP contribution in [0.1, 0.15) is 26.7 Å². The Morgan fingerprint density at radius 1 is 1.67 bits per heavy atom. The van der Waals surface area contributed by atoms with E-state index in [0.29, 0.717) is 12.8 Å². The van der Waals surface area contributed by atoms with Crippen LogP contribution in [0.3, 0.4) is 0 Å². The van der Waals surface area contributed by atoms with E-state index in [1.54, 1.807) is 0 Å². The van der Waals surface area contributed by atoms with E-state index in [-0.39, 0.29) is 17.5 Å². The van der Waals surface area contributed by atoms with Crippen LogP contribution in [0.2, 0.25) is 0 Å². The summed E-state index contributed by atoms with van der Waals surface area (Å²) in [6, 6.07) is 0. The molecule has 0 aliphatic carbocycles. The largest absolute Gasteiger partial charge is 0.451 e. The van der Waals surface area contributed by atoms with Crippen molar-refractivity contribution in [3.05, 3.63) is 0 Å². The van der Waals surface area contributed by atoms with Crippen molar-refractivity contribution < 1.29 is 14.6 Å². The van der Waals surface area contributed by atoms with Crippen LogP contribution < -0.4 is 0 Å². The number of aliphatic hydroxyl groups excluding tert-OH is 1. The Morgan fingerprint density at radius 2 is 2.25 bits per heavy atom. The standard InChI is InChI=1S/C8H16O3S/c1-4-7(10)5-8(12-3)11-6(2)9/h7-8,10H,4-5H2,1-3H3. The zero-order chi connectivity index (χ0) is 9.56. The molecular weight excluding hydrogens is 176 g/mol. The predicted octanol–water partition coefficient (Wildman–Crippen LogP) is 1.40. The van der Waals surface area contributed by atoms with Crippen LogP contribution in [0.5, 0.6) is 0 Å². The third kappa shape index (κ3) is 5.43. The summed E-state index contributed by atoms with van der Waals surface area (Å²) in [4.78, 5) is 10.6. The average Bonchev–Trinajstić information content (AvgIpc) is 2.02. The van der Waals surface area contributed by atoms with E-state index in [0.717, 1.165) is 0 Å². The minimum Gasteiger partial charge on any atom is -0.451 e. The molecule has 72 valence electrons. The highest BCUT2D eigenvalue weighted by Gasteiger charge is 2.14. The van der Waals surface area contributed by atoms with E-state index in [1.807, 2.05) is 13.2 Å². The molecule has 0 fully saturated rings. The number of rotatable bonds is 5. The number of hydrogen-bond acceptors (Lipinski definition) is 4. The van der Waals surface area contributed by atoms with Crippen LogP contribution in [0.25, 0.3) is 0 Å². The predicted molar refractivity (Wildman–Crippen MR) is 50.0 cm³/mol. The molecule has 2 unspecified atom stereocenters. The van der Waals surface area contributed by atoms with E-state index < -0.39 is 0 Å². The van der Waals surface area contributed by atoms with Gasteiger partial charge in [0.25, 0.3) is 0 Å². The third-order valence-electron chi connectivity index (χ3n) is 1.50. The van der Waals surface area contributed by atoms with Crippen LogP contribution >= 0.6 is 11.8 Å². The Morgan fingerprint density at radius 3 is 2.58 bits per heavy atom. The van der Waals surface area contributed by atoms with Gasteiger partial charge in [0.2, 0.25) is 0 Å². The van der Waals surface area contributed by atoms with Gasteiger partial charge in [0.1, 0.15) is 5.44 Å². The lowest BCUT2D eigenvalue weighted by Gasteiger charge is -2.16. The number of ether oxygens (including phenoxy) is 1. The van der Waals surface area contributed by atoms with Gasteiger partial charge in [0.05, 0.1) is 6.10 Å². The minimum absolute atomic E-state index is 0.211. The van der Waals surface area contributed by atoms with Crippen molar-refractivity contribution in [1.82, 2.24) is 0 Å². The van der Waals surface area contributed by atoms with Crippen molar-refractivity contribution in [2.24, 2.45) is 0 Å². The van der Waals surface area contributed by atoms with Crippen molar-refractivity contribution in [3.8, 4) is 0 Å². The van der Waals surface area contributed by atoms with Gasteiger partial charge in [-0.2, -0.15) is 0 Å². The maximum Gasteiger partial charge on any atom is 0.303 e.